The standard InChI is InChI=1S/C23H34N4O2/c1-15-10-16(2)26(23(29)24-15)9-8-22(28)25-12-17-11-19(14-25)21-5-3-4-20(18-6-7-18)27(21)13-17/h10,17-21H,3-9,11-14H2,1-2H3/t17-,19+,20+,21-/m0/s1. The molecule has 1 aliphatic carbocycles. The lowest BCUT2D eigenvalue weighted by molar-refractivity contribution is -0.139. The molecule has 6 nitrogen and oxygen atoms in total. The Morgan fingerprint density at radius 3 is 2.55 bits per heavy atom. The van der Waals surface area contributed by atoms with E-state index in [0.29, 0.717) is 30.8 Å². The summed E-state index contributed by atoms with van der Waals surface area (Å²) in [5.74, 6) is 2.42. The Hall–Kier alpha value is -1.69. The first kappa shape index (κ1) is 19.3. The molecule has 0 unspecified atom stereocenters. The molecule has 4 fully saturated rings. The topological polar surface area (TPSA) is 58.4 Å². The van der Waals surface area contributed by atoms with Gasteiger partial charge in [0.05, 0.1) is 0 Å². The lowest BCUT2D eigenvalue weighted by atomic mass is 9.74. The maximum Gasteiger partial charge on any atom is 0.347 e. The molecule has 5 rings (SSSR count). The molecule has 0 N–H and O–H groups in total. The lowest BCUT2D eigenvalue weighted by Gasteiger charge is -2.55. The van der Waals surface area contributed by atoms with Crippen LogP contribution in [0.3, 0.4) is 0 Å². The molecule has 1 aromatic rings. The number of hydrogen-bond acceptors (Lipinski definition) is 4. The molecule has 1 aromatic heterocycles. The molecule has 158 valence electrons. The smallest absolute Gasteiger partial charge is 0.342 e. The Morgan fingerprint density at radius 1 is 1.07 bits per heavy atom. The number of hydrogen-bond donors (Lipinski definition) is 0. The molecular weight excluding hydrogens is 364 g/mol. The number of aromatic nitrogens is 2. The van der Waals surface area contributed by atoms with E-state index in [1.165, 1.54) is 45.1 Å². The van der Waals surface area contributed by atoms with Crippen molar-refractivity contribution in [3.8, 4) is 0 Å². The van der Waals surface area contributed by atoms with Crippen molar-refractivity contribution >= 4 is 5.91 Å². The molecule has 0 aromatic carbocycles. The number of carbonyl (C=O) groups is 1. The SMILES string of the molecule is Cc1cc(C)n(CCC(=O)N2C[C@@H]3C[C@H](C2)[C@@H]2CCC[C@H](C4CC4)N2C3)c(=O)n1. The largest absolute Gasteiger partial charge is 0.347 e. The van der Waals surface area contributed by atoms with E-state index in [9.17, 15) is 9.59 Å². The van der Waals surface area contributed by atoms with Crippen LogP contribution in [-0.2, 0) is 11.3 Å². The van der Waals surface area contributed by atoms with Crippen molar-refractivity contribution in [1.82, 2.24) is 19.4 Å². The predicted octanol–water partition coefficient (Wildman–Crippen LogP) is 2.36. The van der Waals surface area contributed by atoms with E-state index in [2.05, 4.69) is 14.8 Å². The second kappa shape index (κ2) is 7.53. The summed E-state index contributed by atoms with van der Waals surface area (Å²) in [5.41, 5.74) is 1.38. The number of rotatable bonds is 4. The Bertz CT molecular complexity index is 846. The van der Waals surface area contributed by atoms with Gasteiger partial charge in [0.15, 0.2) is 0 Å². The molecule has 1 amide bonds. The Balaban J connectivity index is 1.23. The van der Waals surface area contributed by atoms with Crippen LogP contribution in [0.15, 0.2) is 10.9 Å². The minimum Gasteiger partial charge on any atom is -0.342 e. The molecule has 6 heteroatoms. The van der Waals surface area contributed by atoms with Gasteiger partial charge in [-0.15, -0.1) is 0 Å². The van der Waals surface area contributed by atoms with Crippen LogP contribution in [-0.4, -0.2) is 57.0 Å². The van der Waals surface area contributed by atoms with Gasteiger partial charge in [0.25, 0.3) is 0 Å². The summed E-state index contributed by atoms with van der Waals surface area (Å²) in [4.78, 5) is 34.2. The molecule has 4 aliphatic rings. The van der Waals surface area contributed by atoms with Crippen molar-refractivity contribution < 1.29 is 4.79 Å². The van der Waals surface area contributed by atoms with Crippen LogP contribution in [0.4, 0.5) is 0 Å². The van der Waals surface area contributed by atoms with Crippen molar-refractivity contribution in [2.75, 3.05) is 19.6 Å². The fourth-order valence-corrected chi connectivity index (χ4v) is 6.45. The average molecular weight is 399 g/mol. The van der Waals surface area contributed by atoms with E-state index in [1.807, 2.05) is 19.9 Å². The molecular formula is C23H34N4O2. The summed E-state index contributed by atoms with van der Waals surface area (Å²) in [6.45, 7) is 7.18. The highest BCUT2D eigenvalue weighted by Gasteiger charge is 2.48. The Labute approximate surface area is 173 Å². The third-order valence-corrected chi connectivity index (χ3v) is 7.85. The first-order chi connectivity index (χ1) is 14.0. The van der Waals surface area contributed by atoms with E-state index >= 15 is 0 Å². The lowest BCUT2D eigenvalue weighted by Crippen LogP contribution is -2.62. The average Bonchev–Trinajstić information content (AvgIpc) is 3.51. The molecule has 1 saturated carbocycles. The van der Waals surface area contributed by atoms with Gasteiger partial charge in [0.1, 0.15) is 0 Å². The molecule has 2 bridgehead atoms. The second-order valence-electron chi connectivity index (χ2n) is 9.98. The number of amides is 1. The van der Waals surface area contributed by atoms with Crippen LogP contribution in [0.5, 0.6) is 0 Å². The summed E-state index contributed by atoms with van der Waals surface area (Å²) in [6, 6.07) is 3.42. The van der Waals surface area contributed by atoms with Crippen LogP contribution in [0.1, 0.15) is 56.3 Å². The first-order valence-corrected chi connectivity index (χ1v) is 11.6. The van der Waals surface area contributed by atoms with Crippen molar-refractivity contribution in [1.29, 1.82) is 0 Å². The third kappa shape index (κ3) is 3.76. The van der Waals surface area contributed by atoms with Gasteiger partial charge in [-0.3, -0.25) is 14.3 Å². The van der Waals surface area contributed by atoms with E-state index < -0.39 is 0 Å². The number of piperidine rings is 3. The number of likely N-dealkylation sites (tertiary alicyclic amines) is 1. The quantitative estimate of drug-likeness (QED) is 0.781. The van der Waals surface area contributed by atoms with Crippen molar-refractivity contribution in [3.63, 3.8) is 0 Å². The van der Waals surface area contributed by atoms with Gasteiger partial charge in [-0.05, 0) is 69.8 Å². The monoisotopic (exact) mass is 398 g/mol. The fourth-order valence-electron chi connectivity index (χ4n) is 6.45. The first-order valence-electron chi connectivity index (χ1n) is 11.6. The molecule has 3 aliphatic heterocycles. The highest BCUT2D eigenvalue weighted by atomic mass is 16.2. The van der Waals surface area contributed by atoms with Crippen LogP contribution in [0.2, 0.25) is 0 Å². The van der Waals surface area contributed by atoms with Gasteiger partial charge in [-0.2, -0.15) is 4.98 Å². The minimum absolute atomic E-state index is 0.203. The number of nitrogens with zero attached hydrogens (tertiary/aromatic N) is 4. The zero-order valence-corrected chi connectivity index (χ0v) is 17.8. The Morgan fingerprint density at radius 2 is 1.83 bits per heavy atom. The highest BCUT2D eigenvalue weighted by molar-refractivity contribution is 5.76. The van der Waals surface area contributed by atoms with Gasteiger partial charge in [0, 0.05) is 56.1 Å². The number of fused-ring (bicyclic) bond motifs is 4. The van der Waals surface area contributed by atoms with Gasteiger partial charge >= 0.3 is 5.69 Å². The highest BCUT2D eigenvalue weighted by Crippen LogP contribution is 2.46. The van der Waals surface area contributed by atoms with Crippen molar-refractivity contribution in [2.24, 2.45) is 17.8 Å². The predicted molar refractivity (Wildman–Crippen MR) is 112 cm³/mol. The summed E-state index contributed by atoms with van der Waals surface area (Å²) in [5, 5.41) is 0. The summed E-state index contributed by atoms with van der Waals surface area (Å²) >= 11 is 0. The molecule has 3 saturated heterocycles. The zero-order chi connectivity index (χ0) is 20.1. The van der Waals surface area contributed by atoms with E-state index in [0.717, 1.165) is 36.4 Å². The summed E-state index contributed by atoms with van der Waals surface area (Å²) < 4.78 is 1.64. The van der Waals surface area contributed by atoms with Crippen LogP contribution in [0, 0.1) is 31.6 Å². The summed E-state index contributed by atoms with van der Waals surface area (Å²) in [7, 11) is 0. The second-order valence-corrected chi connectivity index (χ2v) is 9.98. The maximum atomic E-state index is 13.0. The van der Waals surface area contributed by atoms with Crippen LogP contribution < -0.4 is 5.69 Å². The summed E-state index contributed by atoms with van der Waals surface area (Å²) in [6.07, 6.45) is 8.61. The molecule has 0 radical (unpaired) electrons. The maximum absolute atomic E-state index is 13.0. The molecule has 4 atom stereocenters. The van der Waals surface area contributed by atoms with Crippen molar-refractivity contribution in [2.45, 2.75) is 77.4 Å². The molecule has 0 spiro atoms. The Kier molecular flexibility index (Phi) is 5.01. The van der Waals surface area contributed by atoms with Gasteiger partial charge in [0.2, 0.25) is 5.91 Å². The van der Waals surface area contributed by atoms with Gasteiger partial charge in [-0.25, -0.2) is 4.79 Å². The van der Waals surface area contributed by atoms with E-state index in [1.54, 1.807) is 4.57 Å². The van der Waals surface area contributed by atoms with Crippen LogP contribution in [0.25, 0.3) is 0 Å². The number of carbonyl (C=O) groups excluding carboxylic acids is 1. The van der Waals surface area contributed by atoms with Crippen molar-refractivity contribution in [3.05, 3.63) is 27.9 Å². The molecule has 4 heterocycles. The zero-order valence-electron chi connectivity index (χ0n) is 17.8. The van der Waals surface area contributed by atoms with Gasteiger partial charge < -0.3 is 4.90 Å². The van der Waals surface area contributed by atoms with Crippen LogP contribution >= 0.6 is 0 Å². The number of aryl methyl sites for hydroxylation is 2. The fraction of sp³-hybridized carbons (Fsp3) is 0.783. The van der Waals surface area contributed by atoms with Gasteiger partial charge in [-0.1, -0.05) is 6.42 Å². The van der Waals surface area contributed by atoms with E-state index in [-0.39, 0.29) is 11.6 Å². The molecule has 29 heavy (non-hydrogen) atoms. The van der Waals surface area contributed by atoms with E-state index in [4.69, 9.17) is 0 Å². The normalized spacial score (nSPS) is 32.1. The third-order valence-electron chi connectivity index (χ3n) is 7.85. The minimum atomic E-state index is -0.241.